The van der Waals surface area contributed by atoms with Crippen LogP contribution in [0.3, 0.4) is 0 Å². The molecule has 18 heavy (non-hydrogen) atoms. The molecule has 2 N–H and O–H groups in total. The van der Waals surface area contributed by atoms with Gasteiger partial charge in [-0.15, -0.1) is 0 Å². The van der Waals surface area contributed by atoms with Gasteiger partial charge in [-0.3, -0.25) is 0 Å². The van der Waals surface area contributed by atoms with Crippen LogP contribution < -0.4 is 4.90 Å². The van der Waals surface area contributed by atoms with Crippen molar-refractivity contribution in [1.82, 2.24) is 4.98 Å². The molecule has 1 aromatic heterocycles. The first-order chi connectivity index (χ1) is 8.60. The second-order valence-electron chi connectivity index (χ2n) is 4.78. The average Bonchev–Trinajstić information content (AvgIpc) is 2.38. The van der Waals surface area contributed by atoms with Gasteiger partial charge >= 0.3 is 0 Å². The van der Waals surface area contributed by atoms with Gasteiger partial charge in [0.15, 0.2) is 0 Å². The monoisotopic (exact) mass is 252 g/mol. The molecule has 0 bridgehead atoms. The number of rotatable bonds is 3. The van der Waals surface area contributed by atoms with Crippen LogP contribution in [0.5, 0.6) is 0 Å². The zero-order valence-corrected chi connectivity index (χ0v) is 10.8. The van der Waals surface area contributed by atoms with Gasteiger partial charge in [0.1, 0.15) is 5.82 Å². The number of morpholine rings is 1. The van der Waals surface area contributed by atoms with E-state index >= 15 is 0 Å². The minimum absolute atomic E-state index is 0.0108. The highest BCUT2D eigenvalue weighted by Gasteiger charge is 2.25. The molecule has 1 fully saturated rings. The van der Waals surface area contributed by atoms with Gasteiger partial charge in [-0.25, -0.2) is 4.98 Å². The molecule has 1 aliphatic rings. The summed E-state index contributed by atoms with van der Waals surface area (Å²) in [6.07, 6.45) is 1.09. The molecule has 0 radical (unpaired) electrons. The summed E-state index contributed by atoms with van der Waals surface area (Å²) in [5.74, 6) is 0.821. The van der Waals surface area contributed by atoms with Crippen molar-refractivity contribution < 1.29 is 14.9 Å². The van der Waals surface area contributed by atoms with Gasteiger partial charge in [-0.05, 0) is 31.5 Å². The third kappa shape index (κ3) is 2.98. The first-order valence-electron chi connectivity index (χ1n) is 6.25. The number of nitrogens with zero attached hydrogens (tertiary/aromatic N) is 2. The molecule has 0 amide bonds. The largest absolute Gasteiger partial charge is 0.394 e. The first kappa shape index (κ1) is 13.3. The summed E-state index contributed by atoms with van der Waals surface area (Å²) in [4.78, 5) is 6.41. The Labute approximate surface area is 107 Å². The van der Waals surface area contributed by atoms with Gasteiger partial charge in [-0.2, -0.15) is 0 Å². The number of hydrogen-bond donors (Lipinski definition) is 2. The van der Waals surface area contributed by atoms with Gasteiger partial charge < -0.3 is 19.8 Å². The van der Waals surface area contributed by atoms with Gasteiger partial charge in [0, 0.05) is 19.3 Å². The fraction of sp³-hybridized carbons (Fsp3) is 0.615. The Balaban J connectivity index is 2.17. The van der Waals surface area contributed by atoms with E-state index in [9.17, 15) is 10.2 Å². The predicted molar refractivity (Wildman–Crippen MR) is 68.5 cm³/mol. The van der Waals surface area contributed by atoms with E-state index < -0.39 is 6.10 Å². The van der Waals surface area contributed by atoms with Crippen molar-refractivity contribution in [2.45, 2.75) is 32.2 Å². The smallest absolute Gasteiger partial charge is 0.129 e. The maximum Gasteiger partial charge on any atom is 0.129 e. The summed E-state index contributed by atoms with van der Waals surface area (Å²) in [7, 11) is 0. The van der Waals surface area contributed by atoms with Crippen LogP contribution in [-0.4, -0.2) is 47.1 Å². The molecule has 1 saturated heterocycles. The number of aliphatic hydroxyl groups excluding tert-OH is 2. The van der Waals surface area contributed by atoms with E-state index in [1.807, 2.05) is 19.1 Å². The van der Waals surface area contributed by atoms with Crippen molar-refractivity contribution in [3.8, 4) is 0 Å². The van der Waals surface area contributed by atoms with Crippen molar-refractivity contribution in [2.24, 2.45) is 0 Å². The minimum atomic E-state index is -0.501. The zero-order valence-electron chi connectivity index (χ0n) is 10.8. The molecule has 0 spiro atoms. The molecule has 2 heterocycles. The molecule has 1 aliphatic heterocycles. The summed E-state index contributed by atoms with van der Waals surface area (Å²) < 4.78 is 5.60. The molecule has 5 heteroatoms. The lowest BCUT2D eigenvalue weighted by Gasteiger charge is -2.36. The van der Waals surface area contributed by atoms with Crippen LogP contribution in [0.25, 0.3) is 0 Å². The molecule has 2 unspecified atom stereocenters. The highest BCUT2D eigenvalue weighted by molar-refractivity contribution is 5.42. The molecule has 3 atom stereocenters. The summed E-state index contributed by atoms with van der Waals surface area (Å²) in [6, 6.07) is 3.69. The number of pyridine rings is 1. The third-order valence-electron chi connectivity index (χ3n) is 3.11. The molecule has 5 nitrogen and oxygen atoms in total. The quantitative estimate of drug-likeness (QED) is 0.830. The highest BCUT2D eigenvalue weighted by Crippen LogP contribution is 2.21. The highest BCUT2D eigenvalue weighted by atomic mass is 16.5. The SMILES string of the molecule is CC1CN(c2cc([C@@H](C)O)ccn2)CC(CO)O1. The second-order valence-corrected chi connectivity index (χ2v) is 4.78. The second kappa shape index (κ2) is 5.65. The van der Waals surface area contributed by atoms with Crippen molar-refractivity contribution in [3.63, 3.8) is 0 Å². The van der Waals surface area contributed by atoms with Crippen LogP contribution in [0.15, 0.2) is 18.3 Å². The molecular weight excluding hydrogens is 232 g/mol. The van der Waals surface area contributed by atoms with Gasteiger partial charge in [-0.1, -0.05) is 0 Å². The van der Waals surface area contributed by atoms with Crippen LogP contribution in [0.2, 0.25) is 0 Å². The van der Waals surface area contributed by atoms with E-state index in [2.05, 4.69) is 9.88 Å². The Morgan fingerprint density at radius 2 is 2.33 bits per heavy atom. The van der Waals surface area contributed by atoms with Crippen LogP contribution in [0, 0.1) is 0 Å². The van der Waals surface area contributed by atoms with Gasteiger partial charge in [0.05, 0.1) is 24.9 Å². The summed E-state index contributed by atoms with van der Waals surface area (Å²) in [6.45, 7) is 5.09. The number of aliphatic hydroxyl groups is 2. The molecule has 2 rings (SSSR count). The Morgan fingerprint density at radius 1 is 1.56 bits per heavy atom. The van der Waals surface area contributed by atoms with Crippen LogP contribution >= 0.6 is 0 Å². The predicted octanol–water partition coefficient (Wildman–Crippen LogP) is 0.721. The van der Waals surface area contributed by atoms with Crippen LogP contribution in [0.4, 0.5) is 5.82 Å². The molecule has 1 aromatic rings. The number of aromatic nitrogens is 1. The number of hydrogen-bond acceptors (Lipinski definition) is 5. The lowest BCUT2D eigenvalue weighted by atomic mass is 10.1. The maximum absolute atomic E-state index is 9.59. The van der Waals surface area contributed by atoms with E-state index in [1.165, 1.54) is 0 Å². The molecule has 0 aliphatic carbocycles. The summed E-state index contributed by atoms with van der Waals surface area (Å²) in [5, 5.41) is 18.8. The van der Waals surface area contributed by atoms with Gasteiger partial charge in [0.25, 0.3) is 0 Å². The Bertz CT molecular complexity index is 398. The molecule has 0 saturated carbocycles. The van der Waals surface area contributed by atoms with Crippen molar-refractivity contribution >= 4 is 5.82 Å². The van der Waals surface area contributed by atoms with Crippen LogP contribution in [0.1, 0.15) is 25.5 Å². The van der Waals surface area contributed by atoms with Crippen LogP contribution in [-0.2, 0) is 4.74 Å². The molecule has 100 valence electrons. The van der Waals surface area contributed by atoms with Crippen molar-refractivity contribution in [1.29, 1.82) is 0 Å². The van der Waals surface area contributed by atoms with E-state index in [4.69, 9.17) is 4.74 Å². The normalized spacial score (nSPS) is 26.1. The summed E-state index contributed by atoms with van der Waals surface area (Å²) in [5.41, 5.74) is 0.847. The third-order valence-corrected chi connectivity index (χ3v) is 3.11. The lowest BCUT2D eigenvalue weighted by molar-refractivity contribution is -0.0423. The Morgan fingerprint density at radius 3 is 3.00 bits per heavy atom. The summed E-state index contributed by atoms with van der Waals surface area (Å²) >= 11 is 0. The fourth-order valence-corrected chi connectivity index (χ4v) is 2.20. The molecule has 0 aromatic carbocycles. The average molecular weight is 252 g/mol. The van der Waals surface area contributed by atoms with Crippen molar-refractivity contribution in [2.75, 3.05) is 24.6 Å². The number of anilines is 1. The fourth-order valence-electron chi connectivity index (χ4n) is 2.20. The van der Waals surface area contributed by atoms with E-state index in [0.29, 0.717) is 6.54 Å². The Kier molecular flexibility index (Phi) is 4.16. The molecular formula is C13H20N2O3. The lowest BCUT2D eigenvalue weighted by Crippen LogP contribution is -2.48. The topological polar surface area (TPSA) is 65.8 Å². The maximum atomic E-state index is 9.59. The Hall–Kier alpha value is -1.17. The first-order valence-corrected chi connectivity index (χ1v) is 6.25. The van der Waals surface area contributed by atoms with E-state index in [1.54, 1.807) is 13.1 Å². The number of ether oxygens (including phenoxy) is 1. The van der Waals surface area contributed by atoms with Gasteiger partial charge in [0.2, 0.25) is 0 Å². The standard InChI is InChI=1S/C13H20N2O3/c1-9-6-15(7-12(8-16)18-9)13-5-11(10(2)17)3-4-14-13/h3-5,9-10,12,16-17H,6-8H2,1-2H3/t9?,10-,12?/m1/s1. The zero-order chi connectivity index (χ0) is 13.1. The van der Waals surface area contributed by atoms with E-state index in [-0.39, 0.29) is 18.8 Å². The van der Waals surface area contributed by atoms with E-state index in [0.717, 1.165) is 17.9 Å². The van der Waals surface area contributed by atoms with Crippen molar-refractivity contribution in [3.05, 3.63) is 23.9 Å². The minimum Gasteiger partial charge on any atom is -0.394 e.